The zero-order valence-corrected chi connectivity index (χ0v) is 12.4. The zero-order chi connectivity index (χ0) is 14.0. The van der Waals surface area contributed by atoms with E-state index in [-0.39, 0.29) is 10.6 Å². The maximum atomic E-state index is 11.8. The molecule has 1 aliphatic heterocycles. The molecule has 0 radical (unpaired) electrons. The van der Waals surface area contributed by atoms with Crippen LogP contribution >= 0.6 is 11.6 Å². The number of nitrogens with zero attached hydrogens (tertiary/aromatic N) is 3. The van der Waals surface area contributed by atoms with Gasteiger partial charge >= 0.3 is 0 Å². The number of halogens is 1. The molecule has 1 saturated heterocycles. The van der Waals surface area contributed by atoms with Gasteiger partial charge in [0.1, 0.15) is 5.02 Å². The molecule has 0 aromatic carbocycles. The van der Waals surface area contributed by atoms with Crippen LogP contribution in [0.25, 0.3) is 0 Å². The van der Waals surface area contributed by atoms with Crippen molar-refractivity contribution in [2.24, 2.45) is 13.0 Å². The maximum absolute atomic E-state index is 11.8. The highest BCUT2D eigenvalue weighted by atomic mass is 35.5. The smallest absolute Gasteiger partial charge is 0.287 e. The minimum Gasteiger partial charge on any atom is -0.369 e. The fourth-order valence-electron chi connectivity index (χ4n) is 2.60. The lowest BCUT2D eigenvalue weighted by Gasteiger charge is -2.36. The molecule has 2 heterocycles. The van der Waals surface area contributed by atoms with E-state index in [1.807, 2.05) is 7.05 Å². The minimum absolute atomic E-state index is 0.232. The lowest BCUT2D eigenvalue weighted by molar-refractivity contribution is 0.323. The Morgan fingerprint density at radius 3 is 2.68 bits per heavy atom. The van der Waals surface area contributed by atoms with Gasteiger partial charge in [-0.3, -0.25) is 4.79 Å². The van der Waals surface area contributed by atoms with Crippen LogP contribution in [0.3, 0.4) is 0 Å². The minimum atomic E-state index is -0.232. The predicted molar refractivity (Wildman–Crippen MR) is 77.9 cm³/mol. The molecule has 6 heteroatoms. The first-order valence-electron chi connectivity index (χ1n) is 6.68. The number of aryl methyl sites for hydroxylation is 1. The van der Waals surface area contributed by atoms with Crippen LogP contribution in [-0.2, 0) is 7.05 Å². The summed E-state index contributed by atoms with van der Waals surface area (Å²) in [5.41, 5.74) is 0.533. The number of hydrogen-bond acceptors (Lipinski definition) is 4. The Hall–Kier alpha value is -1.07. The monoisotopic (exact) mass is 284 g/mol. The average Bonchev–Trinajstić information content (AvgIpc) is 2.44. The summed E-state index contributed by atoms with van der Waals surface area (Å²) in [7, 11) is 3.61. The predicted octanol–water partition coefficient (Wildman–Crippen LogP) is 1.26. The highest BCUT2D eigenvalue weighted by Gasteiger charge is 2.25. The van der Waals surface area contributed by atoms with Crippen molar-refractivity contribution in [3.63, 3.8) is 0 Å². The van der Waals surface area contributed by atoms with Crippen molar-refractivity contribution in [2.45, 2.75) is 25.8 Å². The first-order valence-corrected chi connectivity index (χ1v) is 7.06. The first kappa shape index (κ1) is 14.3. The molecule has 5 nitrogen and oxygen atoms in total. The molecule has 1 fully saturated rings. The first-order chi connectivity index (χ1) is 9.04. The van der Waals surface area contributed by atoms with Gasteiger partial charge in [0.15, 0.2) is 0 Å². The summed E-state index contributed by atoms with van der Waals surface area (Å²) in [6.45, 7) is 4.06. The van der Waals surface area contributed by atoms with E-state index in [0.29, 0.717) is 12.0 Å². The van der Waals surface area contributed by atoms with Gasteiger partial charge in [0.05, 0.1) is 11.9 Å². The van der Waals surface area contributed by atoms with E-state index in [1.165, 1.54) is 4.68 Å². The molecule has 2 rings (SSSR count). The average molecular weight is 285 g/mol. The molecule has 0 spiro atoms. The summed E-state index contributed by atoms with van der Waals surface area (Å²) in [5, 5.41) is 7.63. The van der Waals surface area contributed by atoms with Gasteiger partial charge in [-0.05, 0) is 32.7 Å². The number of hydrogen-bond donors (Lipinski definition) is 1. The second-order valence-electron chi connectivity index (χ2n) is 5.17. The molecule has 1 aromatic rings. The van der Waals surface area contributed by atoms with Crippen LogP contribution in [0.4, 0.5) is 5.69 Å². The summed E-state index contributed by atoms with van der Waals surface area (Å²) in [6.07, 6.45) is 3.90. The summed E-state index contributed by atoms with van der Waals surface area (Å²) in [5.74, 6) is 0.680. The highest BCUT2D eigenvalue weighted by Crippen LogP contribution is 2.27. The topological polar surface area (TPSA) is 50.2 Å². The molecule has 19 heavy (non-hydrogen) atoms. The Morgan fingerprint density at radius 2 is 2.11 bits per heavy atom. The van der Waals surface area contributed by atoms with Gasteiger partial charge in [0, 0.05) is 26.2 Å². The molecule has 0 amide bonds. The largest absolute Gasteiger partial charge is 0.369 e. The Labute approximate surface area is 118 Å². The summed E-state index contributed by atoms with van der Waals surface area (Å²) >= 11 is 6.13. The van der Waals surface area contributed by atoms with Crippen LogP contribution in [0.5, 0.6) is 0 Å². The second-order valence-corrected chi connectivity index (χ2v) is 5.55. The highest BCUT2D eigenvalue weighted by molar-refractivity contribution is 6.33. The van der Waals surface area contributed by atoms with Crippen molar-refractivity contribution < 1.29 is 0 Å². The number of rotatable bonds is 3. The summed E-state index contributed by atoms with van der Waals surface area (Å²) in [6, 6.07) is 0.527. The molecule has 1 unspecified atom stereocenters. The van der Waals surface area contributed by atoms with Crippen LogP contribution in [0.15, 0.2) is 11.0 Å². The van der Waals surface area contributed by atoms with Crippen LogP contribution < -0.4 is 15.8 Å². The number of piperidine rings is 1. The van der Waals surface area contributed by atoms with E-state index >= 15 is 0 Å². The number of nitrogens with one attached hydrogen (secondary N) is 1. The van der Waals surface area contributed by atoms with Crippen LogP contribution in [0, 0.1) is 5.92 Å². The van der Waals surface area contributed by atoms with Crippen molar-refractivity contribution in [1.29, 1.82) is 0 Å². The van der Waals surface area contributed by atoms with E-state index in [0.717, 1.165) is 31.6 Å². The van der Waals surface area contributed by atoms with Gasteiger partial charge in [-0.1, -0.05) is 11.6 Å². The maximum Gasteiger partial charge on any atom is 0.287 e. The van der Waals surface area contributed by atoms with Crippen LogP contribution in [0.2, 0.25) is 5.02 Å². The van der Waals surface area contributed by atoms with Crippen LogP contribution in [0.1, 0.15) is 19.8 Å². The van der Waals surface area contributed by atoms with E-state index in [9.17, 15) is 4.79 Å². The van der Waals surface area contributed by atoms with Crippen molar-refractivity contribution in [3.8, 4) is 0 Å². The molecular formula is C13H21ClN4O. The van der Waals surface area contributed by atoms with Gasteiger partial charge in [0.2, 0.25) is 0 Å². The van der Waals surface area contributed by atoms with Gasteiger partial charge in [-0.15, -0.1) is 0 Å². The van der Waals surface area contributed by atoms with E-state index in [2.05, 4.69) is 22.2 Å². The van der Waals surface area contributed by atoms with Crippen molar-refractivity contribution >= 4 is 17.3 Å². The van der Waals surface area contributed by atoms with Gasteiger partial charge < -0.3 is 10.2 Å². The Morgan fingerprint density at radius 1 is 1.47 bits per heavy atom. The quantitative estimate of drug-likeness (QED) is 0.908. The lowest BCUT2D eigenvalue weighted by atomic mass is 9.90. The molecule has 1 atom stereocenters. The fraction of sp³-hybridized carbons (Fsp3) is 0.692. The van der Waals surface area contributed by atoms with Crippen molar-refractivity contribution in [3.05, 3.63) is 21.6 Å². The molecule has 1 aromatic heterocycles. The molecule has 0 saturated carbocycles. The lowest BCUT2D eigenvalue weighted by Crippen LogP contribution is -2.41. The van der Waals surface area contributed by atoms with E-state index < -0.39 is 0 Å². The summed E-state index contributed by atoms with van der Waals surface area (Å²) < 4.78 is 1.27. The molecule has 0 bridgehead atoms. The molecule has 1 aliphatic rings. The zero-order valence-electron chi connectivity index (χ0n) is 11.7. The molecular weight excluding hydrogens is 264 g/mol. The van der Waals surface area contributed by atoms with Gasteiger partial charge in [0.25, 0.3) is 5.56 Å². The molecule has 1 N–H and O–H groups in total. The molecule has 0 aliphatic carbocycles. The van der Waals surface area contributed by atoms with E-state index in [1.54, 1.807) is 13.2 Å². The third-order valence-electron chi connectivity index (χ3n) is 4.10. The van der Waals surface area contributed by atoms with Crippen molar-refractivity contribution in [2.75, 3.05) is 25.0 Å². The van der Waals surface area contributed by atoms with Crippen molar-refractivity contribution in [1.82, 2.24) is 15.1 Å². The Kier molecular flexibility index (Phi) is 4.47. The number of aromatic nitrogens is 2. The van der Waals surface area contributed by atoms with Gasteiger partial charge in [-0.2, -0.15) is 5.10 Å². The second kappa shape index (κ2) is 5.92. The van der Waals surface area contributed by atoms with E-state index in [4.69, 9.17) is 11.6 Å². The van der Waals surface area contributed by atoms with Gasteiger partial charge in [-0.25, -0.2) is 4.68 Å². The Bertz CT molecular complexity index is 494. The Balaban J connectivity index is 2.10. The summed E-state index contributed by atoms with van der Waals surface area (Å²) in [4.78, 5) is 13.9. The third kappa shape index (κ3) is 2.92. The van der Waals surface area contributed by atoms with Crippen LogP contribution in [-0.4, -0.2) is 36.0 Å². The normalized spacial score (nSPS) is 18.6. The SMILES string of the molecule is CNC(C)C1CCN(c2cnn(C)c(=O)c2Cl)CC1. The molecule has 106 valence electrons. The standard InChI is InChI=1S/C13H21ClN4O/c1-9(15-2)10-4-6-18(7-5-10)11-8-16-17(3)13(19)12(11)14/h8-10,15H,4-7H2,1-3H3. The third-order valence-corrected chi connectivity index (χ3v) is 4.46. The fourth-order valence-corrected chi connectivity index (χ4v) is 2.89. The number of anilines is 1.